The molecular formula is C13H15N3O3. The molecule has 0 saturated heterocycles. The van der Waals surface area contributed by atoms with E-state index >= 15 is 0 Å². The van der Waals surface area contributed by atoms with E-state index in [0.717, 1.165) is 18.4 Å². The zero-order valence-electron chi connectivity index (χ0n) is 10.9. The zero-order chi connectivity index (χ0) is 13.6. The van der Waals surface area contributed by atoms with Gasteiger partial charge in [0, 0.05) is 11.6 Å². The van der Waals surface area contributed by atoms with Crippen LogP contribution in [0.3, 0.4) is 0 Å². The summed E-state index contributed by atoms with van der Waals surface area (Å²) in [6.45, 7) is 3.61. The van der Waals surface area contributed by atoms with Gasteiger partial charge < -0.3 is 9.73 Å². The van der Waals surface area contributed by atoms with E-state index in [9.17, 15) is 9.59 Å². The molecule has 0 unspecified atom stereocenters. The van der Waals surface area contributed by atoms with Crippen LogP contribution in [0.4, 0.5) is 0 Å². The molecule has 19 heavy (non-hydrogen) atoms. The summed E-state index contributed by atoms with van der Waals surface area (Å²) in [4.78, 5) is 28.1. The van der Waals surface area contributed by atoms with Gasteiger partial charge in [0.05, 0.1) is 0 Å². The second-order valence-electron chi connectivity index (χ2n) is 4.98. The maximum atomic E-state index is 12.3. The standard InChI is InChI=1S/C13H15N3O3/c1-7-8(2)19-12-11(7)13(18)16(6-14-12)5-10(17)15-9-3-4-9/h6,9H,3-5H2,1-2H3,(H,15,17). The summed E-state index contributed by atoms with van der Waals surface area (Å²) >= 11 is 0. The SMILES string of the molecule is Cc1oc2ncn(CC(=O)NC3CC3)c(=O)c2c1C. The number of hydrogen-bond acceptors (Lipinski definition) is 4. The number of carbonyl (C=O) groups excluding carboxylic acids is 1. The Bertz CT molecular complexity index is 710. The van der Waals surface area contributed by atoms with E-state index in [2.05, 4.69) is 10.3 Å². The highest BCUT2D eigenvalue weighted by Gasteiger charge is 2.23. The molecule has 0 aromatic carbocycles. The average molecular weight is 261 g/mol. The fourth-order valence-corrected chi connectivity index (χ4v) is 2.04. The van der Waals surface area contributed by atoms with E-state index in [-0.39, 0.29) is 24.1 Å². The van der Waals surface area contributed by atoms with Gasteiger partial charge in [-0.25, -0.2) is 4.98 Å². The van der Waals surface area contributed by atoms with E-state index in [1.54, 1.807) is 6.92 Å². The lowest BCUT2D eigenvalue weighted by molar-refractivity contribution is -0.121. The number of rotatable bonds is 3. The van der Waals surface area contributed by atoms with E-state index in [1.807, 2.05) is 6.92 Å². The molecule has 6 nitrogen and oxygen atoms in total. The Hall–Kier alpha value is -2.11. The smallest absolute Gasteiger partial charge is 0.265 e. The molecular weight excluding hydrogens is 246 g/mol. The molecule has 0 radical (unpaired) electrons. The quantitative estimate of drug-likeness (QED) is 0.890. The van der Waals surface area contributed by atoms with Crippen molar-refractivity contribution in [2.75, 3.05) is 0 Å². The predicted molar refractivity (Wildman–Crippen MR) is 68.9 cm³/mol. The summed E-state index contributed by atoms with van der Waals surface area (Å²) < 4.78 is 6.71. The number of aromatic nitrogens is 2. The van der Waals surface area contributed by atoms with Crippen LogP contribution in [0.5, 0.6) is 0 Å². The number of aryl methyl sites for hydroxylation is 2. The number of amides is 1. The molecule has 1 fully saturated rings. The van der Waals surface area contributed by atoms with Gasteiger partial charge in [-0.1, -0.05) is 0 Å². The van der Waals surface area contributed by atoms with Crippen molar-refractivity contribution in [3.05, 3.63) is 28.0 Å². The fourth-order valence-electron chi connectivity index (χ4n) is 2.04. The number of furan rings is 1. The zero-order valence-corrected chi connectivity index (χ0v) is 10.9. The van der Waals surface area contributed by atoms with Crippen LogP contribution in [0.15, 0.2) is 15.5 Å². The predicted octanol–water partition coefficient (Wildman–Crippen LogP) is 0.885. The van der Waals surface area contributed by atoms with Crippen LogP contribution in [0.2, 0.25) is 0 Å². The summed E-state index contributed by atoms with van der Waals surface area (Å²) in [6.07, 6.45) is 3.41. The first kappa shape index (κ1) is 12.0. The van der Waals surface area contributed by atoms with Crippen LogP contribution in [-0.4, -0.2) is 21.5 Å². The molecule has 3 rings (SSSR count). The third-order valence-electron chi connectivity index (χ3n) is 3.41. The Labute approximate surface area is 109 Å². The lowest BCUT2D eigenvalue weighted by Gasteiger charge is -2.05. The van der Waals surface area contributed by atoms with Gasteiger partial charge in [0.2, 0.25) is 11.6 Å². The molecule has 2 aromatic rings. The van der Waals surface area contributed by atoms with Crippen molar-refractivity contribution in [3.8, 4) is 0 Å². The second kappa shape index (κ2) is 4.22. The minimum atomic E-state index is -0.231. The molecule has 2 heterocycles. The summed E-state index contributed by atoms with van der Waals surface area (Å²) in [5, 5.41) is 3.31. The largest absolute Gasteiger partial charge is 0.443 e. The minimum Gasteiger partial charge on any atom is -0.443 e. The summed E-state index contributed by atoms with van der Waals surface area (Å²) in [6, 6.07) is 0.290. The molecule has 1 aliphatic carbocycles. The number of nitrogens with one attached hydrogen (secondary N) is 1. The molecule has 0 spiro atoms. The van der Waals surface area contributed by atoms with Crippen LogP contribution in [0.1, 0.15) is 24.2 Å². The summed E-state index contributed by atoms with van der Waals surface area (Å²) in [5.41, 5.74) is 0.883. The Morgan fingerprint density at radius 1 is 1.53 bits per heavy atom. The molecule has 1 saturated carbocycles. The van der Waals surface area contributed by atoms with Crippen molar-refractivity contribution >= 4 is 17.0 Å². The Morgan fingerprint density at radius 3 is 2.95 bits per heavy atom. The Balaban J connectivity index is 1.95. The van der Waals surface area contributed by atoms with Gasteiger partial charge in [-0.2, -0.15) is 0 Å². The summed E-state index contributed by atoms with van der Waals surface area (Å²) in [7, 11) is 0. The van der Waals surface area contributed by atoms with E-state index in [1.165, 1.54) is 10.9 Å². The van der Waals surface area contributed by atoms with Gasteiger partial charge in [0.1, 0.15) is 24.0 Å². The molecule has 100 valence electrons. The molecule has 0 atom stereocenters. The topological polar surface area (TPSA) is 77.1 Å². The number of nitrogens with zero attached hydrogens (tertiary/aromatic N) is 2. The third-order valence-corrected chi connectivity index (χ3v) is 3.41. The van der Waals surface area contributed by atoms with Gasteiger partial charge >= 0.3 is 0 Å². The lowest BCUT2D eigenvalue weighted by Crippen LogP contribution is -2.33. The maximum absolute atomic E-state index is 12.3. The van der Waals surface area contributed by atoms with Gasteiger partial charge in [0.25, 0.3) is 5.56 Å². The van der Waals surface area contributed by atoms with E-state index in [4.69, 9.17) is 4.42 Å². The normalized spacial score (nSPS) is 14.8. The average Bonchev–Trinajstić information content (AvgIpc) is 3.11. The maximum Gasteiger partial charge on any atom is 0.265 e. The highest BCUT2D eigenvalue weighted by molar-refractivity contribution is 5.79. The number of hydrogen-bond donors (Lipinski definition) is 1. The van der Waals surface area contributed by atoms with Gasteiger partial charge in [0.15, 0.2) is 0 Å². The van der Waals surface area contributed by atoms with Crippen molar-refractivity contribution in [1.82, 2.24) is 14.9 Å². The van der Waals surface area contributed by atoms with Crippen molar-refractivity contribution in [3.63, 3.8) is 0 Å². The highest BCUT2D eigenvalue weighted by atomic mass is 16.3. The minimum absolute atomic E-state index is 0.00193. The van der Waals surface area contributed by atoms with Gasteiger partial charge in [-0.3, -0.25) is 14.2 Å². The first-order valence-corrected chi connectivity index (χ1v) is 6.31. The van der Waals surface area contributed by atoms with Crippen LogP contribution in [0.25, 0.3) is 11.1 Å². The number of carbonyl (C=O) groups is 1. The first-order valence-electron chi connectivity index (χ1n) is 6.31. The third kappa shape index (κ3) is 2.14. The van der Waals surface area contributed by atoms with Crippen molar-refractivity contribution in [2.45, 2.75) is 39.3 Å². The Morgan fingerprint density at radius 2 is 2.26 bits per heavy atom. The monoisotopic (exact) mass is 261 g/mol. The first-order chi connectivity index (χ1) is 9.06. The molecule has 1 amide bonds. The van der Waals surface area contributed by atoms with Crippen LogP contribution in [0, 0.1) is 13.8 Å². The number of fused-ring (bicyclic) bond motifs is 1. The molecule has 0 bridgehead atoms. The lowest BCUT2D eigenvalue weighted by atomic mass is 10.2. The molecule has 6 heteroatoms. The highest BCUT2D eigenvalue weighted by Crippen LogP contribution is 2.19. The Kier molecular flexibility index (Phi) is 2.66. The molecule has 1 aliphatic rings. The van der Waals surface area contributed by atoms with Crippen LogP contribution < -0.4 is 10.9 Å². The molecule has 0 aliphatic heterocycles. The second-order valence-corrected chi connectivity index (χ2v) is 4.98. The van der Waals surface area contributed by atoms with Gasteiger partial charge in [-0.05, 0) is 26.7 Å². The van der Waals surface area contributed by atoms with Crippen LogP contribution in [-0.2, 0) is 11.3 Å². The van der Waals surface area contributed by atoms with E-state index in [0.29, 0.717) is 16.9 Å². The summed E-state index contributed by atoms with van der Waals surface area (Å²) in [5.74, 6) is 0.531. The molecule has 2 aromatic heterocycles. The van der Waals surface area contributed by atoms with Crippen molar-refractivity contribution in [1.29, 1.82) is 0 Å². The van der Waals surface area contributed by atoms with Gasteiger partial charge in [-0.15, -0.1) is 0 Å². The van der Waals surface area contributed by atoms with Crippen LogP contribution >= 0.6 is 0 Å². The van der Waals surface area contributed by atoms with Crippen molar-refractivity contribution in [2.24, 2.45) is 0 Å². The fraction of sp³-hybridized carbons (Fsp3) is 0.462. The van der Waals surface area contributed by atoms with Crippen molar-refractivity contribution < 1.29 is 9.21 Å². The molecule has 1 N–H and O–H groups in total. The van der Waals surface area contributed by atoms with E-state index < -0.39 is 0 Å².